The van der Waals surface area contributed by atoms with Crippen LogP contribution in [0.25, 0.3) is 0 Å². The Kier molecular flexibility index (Phi) is 3.17. The van der Waals surface area contributed by atoms with Gasteiger partial charge >= 0.3 is 5.97 Å². The van der Waals surface area contributed by atoms with Gasteiger partial charge in [0, 0.05) is 5.02 Å². The van der Waals surface area contributed by atoms with Crippen LogP contribution >= 0.6 is 11.6 Å². The summed E-state index contributed by atoms with van der Waals surface area (Å²) < 4.78 is 0. The molecule has 0 aliphatic heterocycles. The summed E-state index contributed by atoms with van der Waals surface area (Å²) in [5.74, 6) is -1.30. The van der Waals surface area contributed by atoms with Crippen molar-refractivity contribution < 1.29 is 9.90 Å². The topological polar surface area (TPSA) is 37.3 Å². The van der Waals surface area contributed by atoms with E-state index in [1.165, 1.54) is 0 Å². The minimum absolute atomic E-state index is 0.482. The highest BCUT2D eigenvalue weighted by atomic mass is 35.5. The highest BCUT2D eigenvalue weighted by molar-refractivity contribution is 6.32. The molecule has 1 aromatic carbocycles. The predicted molar refractivity (Wildman–Crippen MR) is 57.0 cm³/mol. The van der Waals surface area contributed by atoms with Gasteiger partial charge in [-0.1, -0.05) is 23.7 Å². The Balaban J connectivity index is 3.19. The van der Waals surface area contributed by atoms with Gasteiger partial charge in [-0.05, 0) is 37.5 Å². The molecule has 3 heteroatoms. The molecule has 1 rings (SSSR count). The molecule has 0 radical (unpaired) electrons. The first kappa shape index (κ1) is 11.1. The van der Waals surface area contributed by atoms with Gasteiger partial charge in [-0.2, -0.15) is 0 Å². The van der Waals surface area contributed by atoms with Gasteiger partial charge in [-0.25, -0.2) is 0 Å². The van der Waals surface area contributed by atoms with E-state index < -0.39 is 11.9 Å². The van der Waals surface area contributed by atoms with Gasteiger partial charge in [0.05, 0.1) is 5.92 Å². The monoisotopic (exact) mass is 212 g/mol. The Labute approximate surface area is 88.5 Å². The number of hydrogen-bond donors (Lipinski definition) is 1. The summed E-state index contributed by atoms with van der Waals surface area (Å²) in [6.45, 7) is 5.44. The SMILES string of the molecule is Cc1cc(C(C)C(=O)O)cc(C)c1Cl. The van der Waals surface area contributed by atoms with Gasteiger partial charge in [-0.3, -0.25) is 4.79 Å². The number of hydrogen-bond acceptors (Lipinski definition) is 1. The first-order chi connectivity index (χ1) is 6.43. The second-order valence-corrected chi connectivity index (χ2v) is 3.91. The third-order valence-corrected chi connectivity index (χ3v) is 2.93. The fourth-order valence-electron chi connectivity index (χ4n) is 1.37. The molecule has 0 aromatic heterocycles. The van der Waals surface area contributed by atoms with Gasteiger partial charge < -0.3 is 5.11 Å². The largest absolute Gasteiger partial charge is 0.481 e. The summed E-state index contributed by atoms with van der Waals surface area (Å²) >= 11 is 5.99. The van der Waals surface area contributed by atoms with Crippen molar-refractivity contribution in [2.45, 2.75) is 26.7 Å². The van der Waals surface area contributed by atoms with E-state index in [2.05, 4.69) is 0 Å². The highest BCUT2D eigenvalue weighted by Crippen LogP contribution is 2.25. The van der Waals surface area contributed by atoms with Crippen molar-refractivity contribution >= 4 is 17.6 Å². The minimum atomic E-state index is -0.814. The molecule has 0 aliphatic rings. The maximum absolute atomic E-state index is 10.8. The molecule has 14 heavy (non-hydrogen) atoms. The van der Waals surface area contributed by atoms with Crippen LogP contribution in [0.1, 0.15) is 29.5 Å². The number of carboxylic acids is 1. The molecule has 0 saturated heterocycles. The van der Waals surface area contributed by atoms with Gasteiger partial charge in [0.1, 0.15) is 0 Å². The lowest BCUT2D eigenvalue weighted by molar-refractivity contribution is -0.138. The van der Waals surface area contributed by atoms with Gasteiger partial charge in [0.2, 0.25) is 0 Å². The Bertz CT molecular complexity index is 349. The summed E-state index contributed by atoms with van der Waals surface area (Å²) in [6.07, 6.45) is 0. The second-order valence-electron chi connectivity index (χ2n) is 3.53. The molecule has 0 amide bonds. The highest BCUT2D eigenvalue weighted by Gasteiger charge is 2.15. The Morgan fingerprint density at radius 2 is 1.79 bits per heavy atom. The van der Waals surface area contributed by atoms with Crippen LogP contribution in [-0.2, 0) is 4.79 Å². The average molecular weight is 213 g/mol. The van der Waals surface area contributed by atoms with Gasteiger partial charge in [-0.15, -0.1) is 0 Å². The molecule has 0 bridgehead atoms. The fraction of sp³-hybridized carbons (Fsp3) is 0.364. The lowest BCUT2D eigenvalue weighted by Gasteiger charge is -2.10. The molecule has 0 spiro atoms. The number of carboxylic acid groups (broad SMARTS) is 1. The first-order valence-corrected chi connectivity index (χ1v) is 4.80. The van der Waals surface area contributed by atoms with Crippen LogP contribution in [0.2, 0.25) is 5.02 Å². The van der Waals surface area contributed by atoms with Crippen LogP contribution in [0.15, 0.2) is 12.1 Å². The Hall–Kier alpha value is -1.02. The third-order valence-electron chi connectivity index (χ3n) is 2.33. The van der Waals surface area contributed by atoms with Crippen molar-refractivity contribution in [1.29, 1.82) is 0 Å². The maximum atomic E-state index is 10.8. The van der Waals surface area contributed by atoms with Crippen molar-refractivity contribution in [1.82, 2.24) is 0 Å². The molecular weight excluding hydrogens is 200 g/mol. The van der Waals surface area contributed by atoms with Crippen LogP contribution in [0.4, 0.5) is 0 Å². The molecule has 76 valence electrons. The molecule has 0 aliphatic carbocycles. The maximum Gasteiger partial charge on any atom is 0.310 e. The van der Waals surface area contributed by atoms with E-state index in [1.54, 1.807) is 6.92 Å². The molecule has 0 saturated carbocycles. The van der Waals surface area contributed by atoms with E-state index in [-0.39, 0.29) is 0 Å². The summed E-state index contributed by atoms with van der Waals surface area (Å²) in [5.41, 5.74) is 2.65. The van der Waals surface area contributed by atoms with E-state index in [0.717, 1.165) is 16.7 Å². The van der Waals surface area contributed by atoms with Crippen LogP contribution in [0.5, 0.6) is 0 Å². The Morgan fingerprint density at radius 3 is 2.14 bits per heavy atom. The number of benzene rings is 1. The summed E-state index contributed by atoms with van der Waals surface area (Å²) in [4.78, 5) is 10.8. The molecule has 1 unspecified atom stereocenters. The van der Waals surface area contributed by atoms with E-state index >= 15 is 0 Å². The van der Waals surface area contributed by atoms with Crippen LogP contribution in [-0.4, -0.2) is 11.1 Å². The van der Waals surface area contributed by atoms with Crippen LogP contribution in [0.3, 0.4) is 0 Å². The van der Waals surface area contributed by atoms with Crippen LogP contribution in [0, 0.1) is 13.8 Å². The third kappa shape index (κ3) is 2.07. The molecule has 1 atom stereocenters. The average Bonchev–Trinajstić information content (AvgIpc) is 2.12. The molecule has 1 N–H and O–H groups in total. The molecule has 0 fully saturated rings. The number of halogens is 1. The first-order valence-electron chi connectivity index (χ1n) is 4.43. The molecule has 0 heterocycles. The second kappa shape index (κ2) is 4.01. The van der Waals surface area contributed by atoms with Crippen molar-refractivity contribution in [2.24, 2.45) is 0 Å². The smallest absolute Gasteiger partial charge is 0.310 e. The fourth-order valence-corrected chi connectivity index (χ4v) is 1.48. The van der Waals surface area contributed by atoms with Crippen molar-refractivity contribution in [3.05, 3.63) is 33.8 Å². The normalized spacial score (nSPS) is 12.6. The number of carbonyl (C=O) groups is 1. The molecule has 2 nitrogen and oxygen atoms in total. The zero-order chi connectivity index (χ0) is 10.9. The summed E-state index contributed by atoms with van der Waals surface area (Å²) in [6, 6.07) is 3.66. The zero-order valence-electron chi connectivity index (χ0n) is 8.47. The van der Waals surface area contributed by atoms with Crippen molar-refractivity contribution in [3.63, 3.8) is 0 Å². The van der Waals surface area contributed by atoms with Gasteiger partial charge in [0.25, 0.3) is 0 Å². The lowest BCUT2D eigenvalue weighted by atomic mass is 9.97. The Morgan fingerprint density at radius 1 is 1.36 bits per heavy atom. The lowest BCUT2D eigenvalue weighted by Crippen LogP contribution is -2.07. The number of rotatable bonds is 2. The zero-order valence-corrected chi connectivity index (χ0v) is 9.22. The number of aliphatic carboxylic acids is 1. The van der Waals surface area contributed by atoms with E-state index in [0.29, 0.717) is 5.02 Å². The summed E-state index contributed by atoms with van der Waals surface area (Å²) in [5, 5.41) is 9.57. The van der Waals surface area contributed by atoms with Crippen molar-refractivity contribution in [2.75, 3.05) is 0 Å². The molecular formula is C11H13ClO2. The minimum Gasteiger partial charge on any atom is -0.481 e. The van der Waals surface area contributed by atoms with E-state index in [1.807, 2.05) is 26.0 Å². The standard InChI is InChI=1S/C11H13ClO2/c1-6-4-9(8(3)11(13)14)5-7(2)10(6)12/h4-5,8H,1-3H3,(H,13,14). The van der Waals surface area contributed by atoms with Crippen LogP contribution < -0.4 is 0 Å². The van der Waals surface area contributed by atoms with E-state index in [9.17, 15) is 4.79 Å². The number of aryl methyl sites for hydroxylation is 2. The quantitative estimate of drug-likeness (QED) is 0.818. The predicted octanol–water partition coefficient (Wildman–Crippen LogP) is 3.14. The summed E-state index contributed by atoms with van der Waals surface area (Å²) in [7, 11) is 0. The van der Waals surface area contributed by atoms with E-state index in [4.69, 9.17) is 16.7 Å². The molecule has 1 aromatic rings. The van der Waals surface area contributed by atoms with Gasteiger partial charge in [0.15, 0.2) is 0 Å². The van der Waals surface area contributed by atoms with Crippen molar-refractivity contribution in [3.8, 4) is 0 Å².